The van der Waals surface area contributed by atoms with E-state index in [2.05, 4.69) is 19.1 Å². The van der Waals surface area contributed by atoms with Crippen molar-refractivity contribution in [2.45, 2.75) is 30.8 Å². The molecule has 1 atom stereocenters. The molecule has 2 aromatic carbocycles. The van der Waals surface area contributed by atoms with Crippen LogP contribution in [0.3, 0.4) is 0 Å². The Labute approximate surface area is 167 Å². The van der Waals surface area contributed by atoms with E-state index in [9.17, 15) is 4.79 Å². The van der Waals surface area contributed by atoms with Crippen LogP contribution >= 0.6 is 23.1 Å². The average Bonchev–Trinajstić information content (AvgIpc) is 3.34. The van der Waals surface area contributed by atoms with E-state index < -0.39 is 0 Å². The number of aromatic nitrogens is 1. The molecule has 0 saturated carbocycles. The van der Waals surface area contributed by atoms with Crippen LogP contribution in [0, 0.1) is 6.92 Å². The minimum atomic E-state index is 0.0813. The number of hydrogen-bond donors (Lipinski definition) is 0. The van der Waals surface area contributed by atoms with Crippen LogP contribution in [-0.2, 0) is 9.53 Å². The van der Waals surface area contributed by atoms with Gasteiger partial charge in [-0.1, -0.05) is 41.7 Å². The maximum atomic E-state index is 13.1. The van der Waals surface area contributed by atoms with Gasteiger partial charge in [-0.3, -0.25) is 9.69 Å². The minimum absolute atomic E-state index is 0.0813. The summed E-state index contributed by atoms with van der Waals surface area (Å²) in [4.78, 5) is 20.8. The molecule has 0 unspecified atom stereocenters. The van der Waals surface area contributed by atoms with Gasteiger partial charge in [0, 0.05) is 11.5 Å². The molecule has 140 valence electrons. The van der Waals surface area contributed by atoms with Crippen LogP contribution in [0.15, 0.2) is 53.4 Å². The second-order valence-corrected chi connectivity index (χ2v) is 8.68. The van der Waals surface area contributed by atoms with E-state index in [1.54, 1.807) is 23.1 Å². The molecule has 1 amide bonds. The van der Waals surface area contributed by atoms with Crippen LogP contribution < -0.4 is 4.90 Å². The van der Waals surface area contributed by atoms with Crippen LogP contribution in [0.2, 0.25) is 0 Å². The van der Waals surface area contributed by atoms with Crippen molar-refractivity contribution in [1.29, 1.82) is 0 Å². The molecule has 6 heteroatoms. The normalized spacial score (nSPS) is 16.7. The molecule has 0 aliphatic carbocycles. The van der Waals surface area contributed by atoms with Gasteiger partial charge in [-0.05, 0) is 43.5 Å². The topological polar surface area (TPSA) is 42.4 Å². The Balaban J connectivity index is 1.54. The Morgan fingerprint density at radius 2 is 2.07 bits per heavy atom. The number of para-hydroxylation sites is 1. The number of carbonyl (C=O) groups excluding carboxylic acids is 1. The number of amides is 1. The summed E-state index contributed by atoms with van der Waals surface area (Å²) in [5.41, 5.74) is 2.13. The molecule has 1 fully saturated rings. The number of benzene rings is 2. The summed E-state index contributed by atoms with van der Waals surface area (Å²) in [6.45, 7) is 3.43. The third-order valence-electron chi connectivity index (χ3n) is 4.67. The van der Waals surface area contributed by atoms with Gasteiger partial charge in [-0.2, -0.15) is 0 Å². The van der Waals surface area contributed by atoms with Gasteiger partial charge in [0.2, 0.25) is 5.91 Å². The third kappa shape index (κ3) is 4.34. The first-order valence-corrected chi connectivity index (χ1v) is 11.0. The van der Waals surface area contributed by atoms with Crippen molar-refractivity contribution in [3.63, 3.8) is 0 Å². The lowest BCUT2D eigenvalue weighted by Gasteiger charge is -2.23. The minimum Gasteiger partial charge on any atom is -0.376 e. The second kappa shape index (κ2) is 8.42. The number of rotatable bonds is 6. The molecule has 1 aliphatic rings. The first kappa shape index (κ1) is 18.5. The Hall–Kier alpha value is -1.89. The van der Waals surface area contributed by atoms with Gasteiger partial charge in [-0.25, -0.2) is 4.98 Å². The van der Waals surface area contributed by atoms with Crippen molar-refractivity contribution < 1.29 is 9.53 Å². The molecule has 4 rings (SSSR count). The number of thiazole rings is 1. The van der Waals surface area contributed by atoms with Crippen molar-refractivity contribution >= 4 is 44.4 Å². The number of ether oxygens (including phenoxy) is 1. The van der Waals surface area contributed by atoms with E-state index in [4.69, 9.17) is 9.72 Å². The van der Waals surface area contributed by atoms with Gasteiger partial charge in [0.25, 0.3) is 0 Å². The number of nitrogens with zero attached hydrogens (tertiary/aromatic N) is 2. The lowest BCUT2D eigenvalue weighted by molar-refractivity contribution is -0.116. The van der Waals surface area contributed by atoms with Crippen molar-refractivity contribution in [1.82, 2.24) is 4.98 Å². The van der Waals surface area contributed by atoms with E-state index in [-0.39, 0.29) is 12.0 Å². The maximum absolute atomic E-state index is 13.1. The highest BCUT2D eigenvalue weighted by molar-refractivity contribution is 8.00. The molecule has 1 aliphatic heterocycles. The molecule has 0 N–H and O–H groups in total. The maximum Gasteiger partial charge on any atom is 0.239 e. The molecule has 3 aromatic rings. The van der Waals surface area contributed by atoms with E-state index in [0.29, 0.717) is 12.3 Å². The predicted octanol–water partition coefficient (Wildman–Crippen LogP) is 4.91. The number of hydrogen-bond acceptors (Lipinski definition) is 5. The van der Waals surface area contributed by atoms with E-state index in [1.165, 1.54) is 5.56 Å². The molecule has 0 spiro atoms. The summed E-state index contributed by atoms with van der Waals surface area (Å²) in [6, 6.07) is 16.2. The molecule has 0 bridgehead atoms. The summed E-state index contributed by atoms with van der Waals surface area (Å²) < 4.78 is 6.89. The average molecular weight is 399 g/mol. The van der Waals surface area contributed by atoms with Crippen LogP contribution in [0.25, 0.3) is 10.2 Å². The SMILES string of the molecule is Cc1ccccc1SCC(=O)N(C[C@@H]1CCCO1)c1nc2ccccc2s1. The number of thioether (sulfide) groups is 1. The fraction of sp³-hybridized carbons (Fsp3) is 0.333. The van der Waals surface area contributed by atoms with Gasteiger partial charge in [0.05, 0.1) is 28.6 Å². The van der Waals surface area contributed by atoms with E-state index >= 15 is 0 Å². The van der Waals surface area contributed by atoms with Gasteiger partial charge < -0.3 is 4.74 Å². The Kier molecular flexibility index (Phi) is 5.76. The van der Waals surface area contributed by atoms with Crippen molar-refractivity contribution in [3.05, 3.63) is 54.1 Å². The molecule has 27 heavy (non-hydrogen) atoms. The zero-order valence-electron chi connectivity index (χ0n) is 15.3. The van der Waals surface area contributed by atoms with Gasteiger partial charge >= 0.3 is 0 Å². The van der Waals surface area contributed by atoms with Gasteiger partial charge in [-0.15, -0.1) is 11.8 Å². The molecule has 4 nitrogen and oxygen atoms in total. The van der Waals surface area contributed by atoms with Crippen molar-refractivity contribution in [2.75, 3.05) is 23.8 Å². The lowest BCUT2D eigenvalue weighted by atomic mass is 10.2. The zero-order valence-corrected chi connectivity index (χ0v) is 16.9. The number of fused-ring (bicyclic) bond motifs is 1. The van der Waals surface area contributed by atoms with Crippen LogP contribution in [0.4, 0.5) is 5.13 Å². The van der Waals surface area contributed by atoms with Crippen LogP contribution in [-0.4, -0.2) is 35.9 Å². The number of aryl methyl sites for hydroxylation is 1. The smallest absolute Gasteiger partial charge is 0.239 e. The zero-order chi connectivity index (χ0) is 18.6. The first-order valence-electron chi connectivity index (χ1n) is 9.16. The fourth-order valence-corrected chi connectivity index (χ4v) is 5.09. The highest BCUT2D eigenvalue weighted by Crippen LogP contribution is 2.31. The monoisotopic (exact) mass is 398 g/mol. The largest absolute Gasteiger partial charge is 0.376 e. The summed E-state index contributed by atoms with van der Waals surface area (Å²) >= 11 is 3.16. The Morgan fingerprint density at radius 3 is 2.85 bits per heavy atom. The predicted molar refractivity (Wildman–Crippen MR) is 113 cm³/mol. The fourth-order valence-electron chi connectivity index (χ4n) is 3.19. The quantitative estimate of drug-likeness (QED) is 0.553. The highest BCUT2D eigenvalue weighted by atomic mass is 32.2. The van der Waals surface area contributed by atoms with Crippen molar-refractivity contribution in [3.8, 4) is 0 Å². The molecule has 2 heterocycles. The Bertz CT molecular complexity index is 902. The summed E-state index contributed by atoms with van der Waals surface area (Å²) in [6.07, 6.45) is 2.16. The highest BCUT2D eigenvalue weighted by Gasteiger charge is 2.26. The number of carbonyl (C=O) groups is 1. The lowest BCUT2D eigenvalue weighted by Crippen LogP contribution is -2.38. The second-order valence-electron chi connectivity index (χ2n) is 6.66. The molecule has 0 radical (unpaired) electrons. The van der Waals surface area contributed by atoms with Crippen LogP contribution in [0.1, 0.15) is 18.4 Å². The summed E-state index contributed by atoms with van der Waals surface area (Å²) in [7, 11) is 0. The number of anilines is 1. The van der Waals surface area contributed by atoms with Crippen molar-refractivity contribution in [2.24, 2.45) is 0 Å². The first-order chi connectivity index (χ1) is 13.2. The van der Waals surface area contributed by atoms with Gasteiger partial charge in [0.1, 0.15) is 0 Å². The summed E-state index contributed by atoms with van der Waals surface area (Å²) in [5.74, 6) is 0.478. The van der Waals surface area contributed by atoms with Crippen LogP contribution in [0.5, 0.6) is 0 Å². The van der Waals surface area contributed by atoms with E-state index in [0.717, 1.165) is 39.7 Å². The summed E-state index contributed by atoms with van der Waals surface area (Å²) in [5, 5.41) is 0.766. The molecular weight excluding hydrogens is 376 g/mol. The van der Waals surface area contributed by atoms with E-state index in [1.807, 2.05) is 41.3 Å². The molecule has 1 aromatic heterocycles. The molecular formula is C21H22N2O2S2. The Morgan fingerprint density at radius 1 is 1.26 bits per heavy atom. The standard InChI is InChI=1S/C21H22N2O2S2/c1-15-7-2-4-10-18(15)26-14-20(24)23(13-16-8-6-12-25-16)21-22-17-9-3-5-11-19(17)27-21/h2-5,7,9-11,16H,6,8,12-14H2,1H3/t16-/m0/s1. The molecule has 1 saturated heterocycles. The third-order valence-corrected chi connectivity index (χ3v) is 6.89. The van der Waals surface area contributed by atoms with Gasteiger partial charge in [0.15, 0.2) is 5.13 Å².